The van der Waals surface area contributed by atoms with E-state index in [0.717, 1.165) is 13.1 Å². The maximum atomic E-state index is 5.67. The molecule has 0 spiro atoms. The number of hydrogen-bond donors (Lipinski definition) is 2. The maximum Gasteiger partial charge on any atom is 0.222 e. The van der Waals surface area contributed by atoms with E-state index in [1.165, 1.54) is 12.8 Å². The van der Waals surface area contributed by atoms with Crippen molar-refractivity contribution in [2.45, 2.75) is 18.9 Å². The predicted molar refractivity (Wildman–Crippen MR) is 56.6 cm³/mol. The normalized spacial score (nSPS) is 21.1. The lowest BCUT2D eigenvalue weighted by Crippen LogP contribution is -2.29. The Kier molecular flexibility index (Phi) is 3.16. The van der Waals surface area contributed by atoms with Gasteiger partial charge in [0.05, 0.1) is 17.4 Å². The SMILES string of the molecule is Clc1cnc(NCC2CCCN2)nc1. The molecule has 0 aliphatic carbocycles. The minimum absolute atomic E-state index is 0.550. The minimum atomic E-state index is 0.550. The largest absolute Gasteiger partial charge is 0.353 e. The van der Waals surface area contributed by atoms with Gasteiger partial charge in [-0.3, -0.25) is 0 Å². The molecular formula is C9H13ClN4. The lowest BCUT2D eigenvalue weighted by Gasteiger charge is -2.10. The van der Waals surface area contributed by atoms with Crippen molar-refractivity contribution in [2.75, 3.05) is 18.4 Å². The van der Waals surface area contributed by atoms with Gasteiger partial charge in [-0.2, -0.15) is 0 Å². The second-order valence-corrected chi connectivity index (χ2v) is 3.84. The Balaban J connectivity index is 1.82. The fourth-order valence-electron chi connectivity index (χ4n) is 1.55. The Bertz CT molecular complexity index is 281. The monoisotopic (exact) mass is 212 g/mol. The molecule has 0 aromatic carbocycles. The highest BCUT2D eigenvalue weighted by molar-refractivity contribution is 6.30. The average molecular weight is 213 g/mol. The van der Waals surface area contributed by atoms with Crippen LogP contribution in [0.3, 0.4) is 0 Å². The third kappa shape index (κ3) is 2.56. The van der Waals surface area contributed by atoms with Gasteiger partial charge in [0.15, 0.2) is 0 Å². The third-order valence-corrected chi connectivity index (χ3v) is 2.48. The molecule has 0 saturated carbocycles. The van der Waals surface area contributed by atoms with E-state index in [9.17, 15) is 0 Å². The first-order valence-electron chi connectivity index (χ1n) is 4.79. The summed E-state index contributed by atoms with van der Waals surface area (Å²) in [5.41, 5.74) is 0. The zero-order valence-corrected chi connectivity index (χ0v) is 8.59. The van der Waals surface area contributed by atoms with Crippen molar-refractivity contribution in [3.05, 3.63) is 17.4 Å². The van der Waals surface area contributed by atoms with Crippen LogP contribution in [0.2, 0.25) is 5.02 Å². The first kappa shape index (κ1) is 9.68. The summed E-state index contributed by atoms with van der Waals surface area (Å²) in [6, 6.07) is 0.550. The molecule has 76 valence electrons. The van der Waals surface area contributed by atoms with Crippen LogP contribution in [-0.4, -0.2) is 29.1 Å². The van der Waals surface area contributed by atoms with Gasteiger partial charge < -0.3 is 10.6 Å². The van der Waals surface area contributed by atoms with Crippen LogP contribution in [0.4, 0.5) is 5.95 Å². The number of nitrogens with zero attached hydrogens (tertiary/aromatic N) is 2. The molecule has 2 rings (SSSR count). The molecule has 1 unspecified atom stereocenters. The number of halogens is 1. The Morgan fingerprint density at radius 1 is 1.50 bits per heavy atom. The zero-order chi connectivity index (χ0) is 9.80. The molecule has 1 aromatic rings. The van der Waals surface area contributed by atoms with Crippen LogP contribution in [0.15, 0.2) is 12.4 Å². The van der Waals surface area contributed by atoms with Gasteiger partial charge in [0, 0.05) is 12.6 Å². The van der Waals surface area contributed by atoms with Crippen LogP contribution in [-0.2, 0) is 0 Å². The molecule has 2 N–H and O–H groups in total. The number of aromatic nitrogens is 2. The first-order chi connectivity index (χ1) is 6.84. The molecule has 1 aromatic heterocycles. The van der Waals surface area contributed by atoms with Crippen molar-refractivity contribution in [3.63, 3.8) is 0 Å². The molecule has 0 radical (unpaired) electrons. The summed E-state index contributed by atoms with van der Waals surface area (Å²) < 4.78 is 0. The molecule has 1 aliphatic heterocycles. The Morgan fingerprint density at radius 3 is 2.93 bits per heavy atom. The van der Waals surface area contributed by atoms with Crippen LogP contribution in [0.25, 0.3) is 0 Å². The average Bonchev–Trinajstić information content (AvgIpc) is 2.70. The molecule has 1 fully saturated rings. The topological polar surface area (TPSA) is 49.8 Å². The number of hydrogen-bond acceptors (Lipinski definition) is 4. The zero-order valence-electron chi connectivity index (χ0n) is 7.83. The van der Waals surface area contributed by atoms with Crippen molar-refractivity contribution in [3.8, 4) is 0 Å². The number of rotatable bonds is 3. The van der Waals surface area contributed by atoms with Crippen LogP contribution in [0, 0.1) is 0 Å². The summed E-state index contributed by atoms with van der Waals surface area (Å²) in [5.74, 6) is 0.642. The van der Waals surface area contributed by atoms with Gasteiger partial charge in [-0.25, -0.2) is 9.97 Å². The van der Waals surface area contributed by atoms with Gasteiger partial charge in [0.2, 0.25) is 5.95 Å². The molecule has 0 bridgehead atoms. The number of nitrogens with one attached hydrogen (secondary N) is 2. The molecule has 1 atom stereocenters. The van der Waals surface area contributed by atoms with Gasteiger partial charge in [0.25, 0.3) is 0 Å². The Labute approximate surface area is 88.1 Å². The van der Waals surface area contributed by atoms with Crippen LogP contribution >= 0.6 is 11.6 Å². The van der Waals surface area contributed by atoms with Crippen molar-refractivity contribution in [2.24, 2.45) is 0 Å². The molecule has 2 heterocycles. The van der Waals surface area contributed by atoms with Crippen molar-refractivity contribution in [1.82, 2.24) is 15.3 Å². The standard InChI is InChI=1S/C9H13ClN4/c10-7-4-12-9(13-5-7)14-6-8-2-1-3-11-8/h4-5,8,11H,1-3,6H2,(H,12,13,14). The fourth-order valence-corrected chi connectivity index (χ4v) is 1.65. The van der Waals surface area contributed by atoms with E-state index >= 15 is 0 Å². The van der Waals surface area contributed by atoms with Crippen molar-refractivity contribution >= 4 is 17.5 Å². The minimum Gasteiger partial charge on any atom is -0.353 e. The lowest BCUT2D eigenvalue weighted by molar-refractivity contribution is 0.631. The summed E-state index contributed by atoms with van der Waals surface area (Å²) in [6.07, 6.45) is 5.67. The summed E-state index contributed by atoms with van der Waals surface area (Å²) in [4.78, 5) is 8.11. The Hall–Kier alpha value is -0.870. The highest BCUT2D eigenvalue weighted by Crippen LogP contribution is 2.08. The highest BCUT2D eigenvalue weighted by Gasteiger charge is 2.13. The molecule has 5 heteroatoms. The van der Waals surface area contributed by atoms with Crippen LogP contribution < -0.4 is 10.6 Å². The third-order valence-electron chi connectivity index (χ3n) is 2.29. The van der Waals surface area contributed by atoms with Crippen molar-refractivity contribution < 1.29 is 0 Å². The summed E-state index contributed by atoms with van der Waals surface area (Å²) in [7, 11) is 0. The van der Waals surface area contributed by atoms with E-state index < -0.39 is 0 Å². The molecule has 0 amide bonds. The van der Waals surface area contributed by atoms with E-state index in [0.29, 0.717) is 17.0 Å². The molecule has 4 nitrogen and oxygen atoms in total. The van der Waals surface area contributed by atoms with Gasteiger partial charge >= 0.3 is 0 Å². The van der Waals surface area contributed by atoms with Crippen LogP contribution in [0.5, 0.6) is 0 Å². The maximum absolute atomic E-state index is 5.67. The van der Waals surface area contributed by atoms with Crippen molar-refractivity contribution in [1.29, 1.82) is 0 Å². The summed E-state index contributed by atoms with van der Waals surface area (Å²) >= 11 is 5.67. The quantitative estimate of drug-likeness (QED) is 0.793. The summed E-state index contributed by atoms with van der Waals surface area (Å²) in [6.45, 7) is 2.00. The van der Waals surface area contributed by atoms with Gasteiger partial charge in [-0.1, -0.05) is 11.6 Å². The fraction of sp³-hybridized carbons (Fsp3) is 0.556. The predicted octanol–water partition coefficient (Wildman–Crippen LogP) is 1.29. The van der Waals surface area contributed by atoms with E-state index in [2.05, 4.69) is 20.6 Å². The Morgan fingerprint density at radius 2 is 2.29 bits per heavy atom. The molecule has 1 aliphatic rings. The molecule has 1 saturated heterocycles. The molecule has 14 heavy (non-hydrogen) atoms. The van der Waals surface area contributed by atoms with E-state index in [4.69, 9.17) is 11.6 Å². The first-order valence-corrected chi connectivity index (χ1v) is 5.17. The second kappa shape index (κ2) is 4.57. The molecular weight excluding hydrogens is 200 g/mol. The number of anilines is 1. The lowest BCUT2D eigenvalue weighted by atomic mass is 10.2. The second-order valence-electron chi connectivity index (χ2n) is 3.40. The van der Waals surface area contributed by atoms with E-state index in [-0.39, 0.29) is 0 Å². The van der Waals surface area contributed by atoms with E-state index in [1.54, 1.807) is 12.4 Å². The van der Waals surface area contributed by atoms with Gasteiger partial charge in [-0.15, -0.1) is 0 Å². The summed E-state index contributed by atoms with van der Waals surface area (Å²) in [5, 5.41) is 7.13. The van der Waals surface area contributed by atoms with Gasteiger partial charge in [0.1, 0.15) is 0 Å². The smallest absolute Gasteiger partial charge is 0.222 e. The van der Waals surface area contributed by atoms with Gasteiger partial charge in [-0.05, 0) is 19.4 Å². The van der Waals surface area contributed by atoms with Crippen LogP contribution in [0.1, 0.15) is 12.8 Å². The highest BCUT2D eigenvalue weighted by atomic mass is 35.5. The van der Waals surface area contributed by atoms with E-state index in [1.807, 2.05) is 0 Å².